The maximum atomic E-state index is 10.9. The molecule has 0 fully saturated rings. The van der Waals surface area contributed by atoms with Crippen molar-refractivity contribution in [3.05, 3.63) is 69.8 Å². The smallest absolute Gasteiger partial charge is 0.126 e. The number of hydrogen-bond donors (Lipinski definition) is 2. The van der Waals surface area contributed by atoms with Crippen LogP contribution in [0.4, 0.5) is 0 Å². The first kappa shape index (κ1) is 21.8. The summed E-state index contributed by atoms with van der Waals surface area (Å²) in [6.07, 6.45) is 6.27. The molecule has 0 amide bonds. The summed E-state index contributed by atoms with van der Waals surface area (Å²) in [7, 11) is 1.68. The van der Waals surface area contributed by atoms with E-state index in [4.69, 9.17) is 9.47 Å². The van der Waals surface area contributed by atoms with Crippen molar-refractivity contribution in [3.63, 3.8) is 0 Å². The molecule has 0 radical (unpaired) electrons. The molecule has 0 unspecified atom stereocenters. The van der Waals surface area contributed by atoms with E-state index in [0.29, 0.717) is 18.6 Å². The molecule has 30 heavy (non-hydrogen) atoms. The van der Waals surface area contributed by atoms with Crippen LogP contribution in [0.1, 0.15) is 55.9 Å². The Kier molecular flexibility index (Phi) is 6.76. The number of benzene rings is 2. The summed E-state index contributed by atoms with van der Waals surface area (Å²) < 4.78 is 11.6. The van der Waals surface area contributed by atoms with Crippen LogP contribution in [-0.4, -0.2) is 23.9 Å². The number of ether oxygens (including phenoxy) is 2. The third kappa shape index (κ3) is 4.81. The second-order valence-electron chi connectivity index (χ2n) is 8.46. The van der Waals surface area contributed by atoms with Gasteiger partial charge in [-0.3, -0.25) is 0 Å². The molecule has 2 N–H and O–H groups in total. The van der Waals surface area contributed by atoms with Gasteiger partial charge in [0.15, 0.2) is 0 Å². The molecule has 1 atom stereocenters. The number of methoxy groups -OCH3 is 1. The van der Waals surface area contributed by atoms with Crippen LogP contribution in [0.2, 0.25) is 0 Å². The number of fused-ring (bicyclic) bond motifs is 1. The third-order valence-electron chi connectivity index (χ3n) is 5.54. The number of phenolic OH excluding ortho intramolecular Hbond substituents is 2. The molecule has 2 aromatic rings. The minimum absolute atomic E-state index is 0.0215. The van der Waals surface area contributed by atoms with Crippen LogP contribution in [0, 0.1) is 0 Å². The summed E-state index contributed by atoms with van der Waals surface area (Å²) in [5.41, 5.74) is 6.04. The van der Waals surface area contributed by atoms with Gasteiger partial charge < -0.3 is 19.7 Å². The highest BCUT2D eigenvalue weighted by Crippen LogP contribution is 2.42. The van der Waals surface area contributed by atoms with Crippen molar-refractivity contribution in [3.8, 4) is 23.0 Å². The van der Waals surface area contributed by atoms with E-state index in [9.17, 15) is 10.2 Å². The Morgan fingerprint density at radius 1 is 1.07 bits per heavy atom. The van der Waals surface area contributed by atoms with Crippen molar-refractivity contribution in [1.82, 2.24) is 0 Å². The van der Waals surface area contributed by atoms with Gasteiger partial charge in [-0.05, 0) is 70.2 Å². The second kappa shape index (κ2) is 9.29. The first-order valence-electron chi connectivity index (χ1n) is 10.4. The summed E-state index contributed by atoms with van der Waals surface area (Å²) in [5.74, 6) is 1.99. The molecule has 4 nitrogen and oxygen atoms in total. The zero-order valence-electron chi connectivity index (χ0n) is 18.6. The average molecular weight is 409 g/mol. The molecule has 160 valence electrons. The van der Waals surface area contributed by atoms with Gasteiger partial charge in [0.2, 0.25) is 0 Å². The van der Waals surface area contributed by atoms with Crippen molar-refractivity contribution in [2.75, 3.05) is 13.7 Å². The zero-order chi connectivity index (χ0) is 21.8. The van der Waals surface area contributed by atoms with Crippen molar-refractivity contribution in [2.45, 2.75) is 52.9 Å². The van der Waals surface area contributed by atoms with Crippen molar-refractivity contribution >= 4 is 0 Å². The molecule has 4 heteroatoms. The number of hydrogen-bond acceptors (Lipinski definition) is 4. The molecular weight excluding hydrogens is 376 g/mol. The topological polar surface area (TPSA) is 58.9 Å². The molecule has 1 aliphatic heterocycles. The van der Waals surface area contributed by atoms with Gasteiger partial charge in [0.1, 0.15) is 23.0 Å². The van der Waals surface area contributed by atoms with Gasteiger partial charge in [-0.2, -0.15) is 0 Å². The molecule has 3 rings (SSSR count). The maximum Gasteiger partial charge on any atom is 0.126 e. The number of allylic oxidation sites excluding steroid dienone is 4. The summed E-state index contributed by atoms with van der Waals surface area (Å²) >= 11 is 0. The molecular formula is C26H32O4. The van der Waals surface area contributed by atoms with Gasteiger partial charge >= 0.3 is 0 Å². The van der Waals surface area contributed by atoms with Crippen LogP contribution in [0.3, 0.4) is 0 Å². The SMILES string of the molecule is COc1cc2c(cc1CC=C(C)C)C[C@@H](c1ccc(O)c(CC=C(C)C)c1O)CO2. The van der Waals surface area contributed by atoms with Gasteiger partial charge in [0.05, 0.1) is 13.7 Å². The van der Waals surface area contributed by atoms with Crippen LogP contribution in [0.15, 0.2) is 47.6 Å². The van der Waals surface area contributed by atoms with E-state index in [1.807, 2.05) is 32.1 Å². The van der Waals surface area contributed by atoms with Crippen LogP contribution < -0.4 is 9.47 Å². The molecule has 0 aromatic heterocycles. The van der Waals surface area contributed by atoms with Crippen molar-refractivity contribution in [1.29, 1.82) is 0 Å². The van der Waals surface area contributed by atoms with Gasteiger partial charge in [0, 0.05) is 23.1 Å². The summed E-state index contributed by atoms with van der Waals surface area (Å²) in [5, 5.41) is 21.1. The fourth-order valence-corrected chi connectivity index (χ4v) is 3.81. The average Bonchev–Trinajstić information content (AvgIpc) is 2.70. The lowest BCUT2D eigenvalue weighted by Gasteiger charge is -2.28. The van der Waals surface area contributed by atoms with E-state index in [1.54, 1.807) is 13.2 Å². The number of rotatable bonds is 6. The normalized spacial score (nSPS) is 15.0. The molecule has 2 aromatic carbocycles. The highest BCUT2D eigenvalue weighted by molar-refractivity contribution is 5.54. The Morgan fingerprint density at radius 3 is 2.43 bits per heavy atom. The predicted molar refractivity (Wildman–Crippen MR) is 121 cm³/mol. The van der Waals surface area contributed by atoms with E-state index >= 15 is 0 Å². The lowest BCUT2D eigenvalue weighted by Crippen LogP contribution is -2.20. The molecule has 0 spiro atoms. The molecule has 0 aliphatic carbocycles. The molecule has 0 saturated heterocycles. The van der Waals surface area contributed by atoms with E-state index in [2.05, 4.69) is 26.0 Å². The first-order chi connectivity index (χ1) is 14.3. The van der Waals surface area contributed by atoms with Crippen LogP contribution >= 0.6 is 0 Å². The minimum atomic E-state index is 0.0215. The third-order valence-corrected chi connectivity index (χ3v) is 5.54. The Morgan fingerprint density at radius 2 is 1.77 bits per heavy atom. The molecule has 0 bridgehead atoms. The Labute approximate surface area is 179 Å². The van der Waals surface area contributed by atoms with Gasteiger partial charge in [0.25, 0.3) is 0 Å². The van der Waals surface area contributed by atoms with Gasteiger partial charge in [-0.15, -0.1) is 0 Å². The fraction of sp³-hybridized carbons (Fsp3) is 0.385. The quantitative estimate of drug-likeness (QED) is 0.589. The highest BCUT2D eigenvalue weighted by atomic mass is 16.5. The summed E-state index contributed by atoms with van der Waals surface area (Å²) in [6, 6.07) is 7.61. The van der Waals surface area contributed by atoms with Gasteiger partial charge in [-0.25, -0.2) is 0 Å². The minimum Gasteiger partial charge on any atom is -0.508 e. The van der Waals surface area contributed by atoms with Crippen molar-refractivity contribution in [2.24, 2.45) is 0 Å². The van der Waals surface area contributed by atoms with E-state index in [1.165, 1.54) is 5.57 Å². The molecule has 1 aliphatic rings. The Hall–Kier alpha value is -2.88. The lowest BCUT2D eigenvalue weighted by molar-refractivity contribution is 0.257. The summed E-state index contributed by atoms with van der Waals surface area (Å²) in [6.45, 7) is 8.66. The first-order valence-corrected chi connectivity index (χ1v) is 10.4. The largest absolute Gasteiger partial charge is 0.508 e. The number of phenols is 2. The predicted octanol–water partition coefficient (Wildman–Crippen LogP) is 5.84. The standard InChI is InChI=1S/C26H32O4/c1-16(2)6-8-18-12-19-13-20(15-30-25(19)14-24(18)29-5)21-10-11-23(27)22(26(21)28)9-7-17(3)4/h6-7,10-12,14,20,27-28H,8-9,13,15H2,1-5H3/t20-/m1/s1. The highest BCUT2D eigenvalue weighted by Gasteiger charge is 2.26. The lowest BCUT2D eigenvalue weighted by atomic mass is 9.87. The monoisotopic (exact) mass is 408 g/mol. The zero-order valence-corrected chi connectivity index (χ0v) is 18.6. The Bertz CT molecular complexity index is 977. The van der Waals surface area contributed by atoms with E-state index in [0.717, 1.165) is 46.6 Å². The van der Waals surface area contributed by atoms with Crippen LogP contribution in [-0.2, 0) is 19.3 Å². The second-order valence-corrected chi connectivity index (χ2v) is 8.46. The Balaban J connectivity index is 1.92. The molecule has 0 saturated carbocycles. The fourth-order valence-electron chi connectivity index (χ4n) is 3.81. The summed E-state index contributed by atoms with van der Waals surface area (Å²) in [4.78, 5) is 0. The molecule has 1 heterocycles. The van der Waals surface area contributed by atoms with Gasteiger partial charge in [-0.1, -0.05) is 29.4 Å². The van der Waals surface area contributed by atoms with E-state index < -0.39 is 0 Å². The van der Waals surface area contributed by atoms with Crippen LogP contribution in [0.5, 0.6) is 23.0 Å². The maximum absolute atomic E-state index is 10.9. The number of aromatic hydroxyl groups is 2. The van der Waals surface area contributed by atoms with Crippen LogP contribution in [0.25, 0.3) is 0 Å². The van der Waals surface area contributed by atoms with Crippen molar-refractivity contribution < 1.29 is 19.7 Å². The van der Waals surface area contributed by atoms with E-state index in [-0.39, 0.29) is 17.4 Å².